The molecule has 162 valence electrons. The fraction of sp³-hybridized carbons (Fsp3) is 0.370. The van der Waals surface area contributed by atoms with E-state index in [1.165, 1.54) is 16.3 Å². The number of nitrogens with two attached hydrogens (primary N) is 1. The third kappa shape index (κ3) is 4.31. The SMILES string of the molecule is CC.Cc1ccc(OC2CC(N)C2)cc1C(=O)NC1(c2cccc3ccccc23)CC1. The Morgan fingerprint density at radius 1 is 1.03 bits per heavy atom. The lowest BCUT2D eigenvalue weighted by molar-refractivity contribution is 0.0920. The maximum Gasteiger partial charge on any atom is 0.252 e. The van der Waals surface area contributed by atoms with E-state index in [0.29, 0.717) is 5.56 Å². The molecule has 2 aliphatic rings. The second kappa shape index (κ2) is 8.72. The molecule has 3 aromatic rings. The van der Waals surface area contributed by atoms with Crippen LogP contribution in [0.15, 0.2) is 60.7 Å². The summed E-state index contributed by atoms with van der Waals surface area (Å²) in [5.74, 6) is 0.705. The predicted molar refractivity (Wildman–Crippen MR) is 126 cm³/mol. The van der Waals surface area contributed by atoms with E-state index in [2.05, 4.69) is 41.7 Å². The van der Waals surface area contributed by atoms with E-state index < -0.39 is 0 Å². The zero-order chi connectivity index (χ0) is 22.0. The molecule has 1 amide bonds. The van der Waals surface area contributed by atoms with Crippen LogP contribution in [0.25, 0.3) is 10.8 Å². The molecule has 4 heteroatoms. The van der Waals surface area contributed by atoms with Crippen molar-refractivity contribution in [3.63, 3.8) is 0 Å². The van der Waals surface area contributed by atoms with Gasteiger partial charge in [-0.2, -0.15) is 0 Å². The molecule has 0 radical (unpaired) electrons. The van der Waals surface area contributed by atoms with Crippen LogP contribution in [-0.2, 0) is 5.54 Å². The van der Waals surface area contributed by atoms with Crippen molar-refractivity contribution in [2.75, 3.05) is 0 Å². The molecule has 0 atom stereocenters. The summed E-state index contributed by atoms with van der Waals surface area (Å²) in [5.41, 5.74) is 8.41. The quantitative estimate of drug-likeness (QED) is 0.580. The summed E-state index contributed by atoms with van der Waals surface area (Å²) < 4.78 is 5.99. The van der Waals surface area contributed by atoms with Gasteiger partial charge in [0.15, 0.2) is 0 Å². The van der Waals surface area contributed by atoms with Crippen LogP contribution in [-0.4, -0.2) is 18.1 Å². The van der Waals surface area contributed by atoms with Gasteiger partial charge >= 0.3 is 0 Å². The van der Waals surface area contributed by atoms with Crippen LogP contribution >= 0.6 is 0 Å². The van der Waals surface area contributed by atoms with E-state index in [1.807, 2.05) is 45.0 Å². The topological polar surface area (TPSA) is 64.3 Å². The first kappa shape index (κ1) is 21.4. The number of amides is 1. The van der Waals surface area contributed by atoms with Crippen LogP contribution in [0.2, 0.25) is 0 Å². The minimum absolute atomic E-state index is 0.0382. The molecule has 4 nitrogen and oxygen atoms in total. The molecule has 2 aliphatic carbocycles. The molecule has 2 saturated carbocycles. The molecule has 0 bridgehead atoms. The van der Waals surface area contributed by atoms with E-state index in [9.17, 15) is 4.79 Å². The second-order valence-electron chi connectivity index (χ2n) is 8.51. The predicted octanol–water partition coefficient (Wildman–Crippen LogP) is 5.46. The molecule has 0 unspecified atom stereocenters. The van der Waals surface area contributed by atoms with Crippen molar-refractivity contribution < 1.29 is 9.53 Å². The van der Waals surface area contributed by atoms with Crippen molar-refractivity contribution in [1.29, 1.82) is 0 Å². The molecule has 3 N–H and O–H groups in total. The summed E-state index contributed by atoms with van der Waals surface area (Å²) in [7, 11) is 0. The van der Waals surface area contributed by atoms with E-state index in [1.54, 1.807) is 0 Å². The third-order valence-electron chi connectivity index (χ3n) is 6.30. The lowest BCUT2D eigenvalue weighted by Crippen LogP contribution is -2.43. The molecule has 5 rings (SSSR count). The molecule has 0 heterocycles. The molecule has 0 aliphatic heterocycles. The largest absolute Gasteiger partial charge is 0.490 e. The number of nitrogens with one attached hydrogen (secondary N) is 1. The highest BCUT2D eigenvalue weighted by Gasteiger charge is 2.46. The number of benzene rings is 3. The van der Waals surface area contributed by atoms with Crippen molar-refractivity contribution in [2.45, 2.75) is 64.1 Å². The summed E-state index contributed by atoms with van der Waals surface area (Å²) in [6, 6.07) is 20.7. The number of aryl methyl sites for hydroxylation is 1. The Hall–Kier alpha value is -2.85. The summed E-state index contributed by atoms with van der Waals surface area (Å²) >= 11 is 0. The minimum atomic E-state index is -0.276. The van der Waals surface area contributed by atoms with Crippen LogP contribution in [0.3, 0.4) is 0 Å². The maximum atomic E-state index is 13.2. The molecule has 0 saturated heterocycles. The van der Waals surface area contributed by atoms with Crippen molar-refractivity contribution in [3.05, 3.63) is 77.4 Å². The van der Waals surface area contributed by atoms with Gasteiger partial charge in [-0.3, -0.25) is 4.79 Å². The van der Waals surface area contributed by atoms with E-state index in [4.69, 9.17) is 10.5 Å². The Labute approximate surface area is 184 Å². The van der Waals surface area contributed by atoms with E-state index >= 15 is 0 Å². The highest BCUT2D eigenvalue weighted by molar-refractivity contribution is 5.97. The number of fused-ring (bicyclic) bond motifs is 1. The Morgan fingerprint density at radius 2 is 1.74 bits per heavy atom. The Balaban J connectivity index is 0.00000112. The second-order valence-corrected chi connectivity index (χ2v) is 8.51. The van der Waals surface area contributed by atoms with Crippen LogP contribution in [0.4, 0.5) is 0 Å². The van der Waals surface area contributed by atoms with Gasteiger partial charge in [-0.05, 0) is 66.6 Å². The smallest absolute Gasteiger partial charge is 0.252 e. The molecule has 31 heavy (non-hydrogen) atoms. The highest BCUT2D eigenvalue weighted by Crippen LogP contribution is 2.48. The number of hydrogen-bond acceptors (Lipinski definition) is 3. The van der Waals surface area contributed by atoms with E-state index in [0.717, 1.165) is 37.0 Å². The average Bonchev–Trinajstić information content (AvgIpc) is 3.55. The van der Waals surface area contributed by atoms with Gasteiger partial charge in [0.1, 0.15) is 11.9 Å². The lowest BCUT2D eigenvalue weighted by atomic mass is 9.90. The Morgan fingerprint density at radius 3 is 2.45 bits per heavy atom. The van der Waals surface area contributed by atoms with Gasteiger partial charge in [-0.1, -0.05) is 62.4 Å². The fourth-order valence-electron chi connectivity index (χ4n) is 4.33. The molecular formula is C27H32N2O2. The first-order valence-corrected chi connectivity index (χ1v) is 11.4. The number of ether oxygens (including phenoxy) is 1. The van der Waals surface area contributed by atoms with Gasteiger partial charge < -0.3 is 15.8 Å². The minimum Gasteiger partial charge on any atom is -0.490 e. The summed E-state index contributed by atoms with van der Waals surface area (Å²) in [6.45, 7) is 5.97. The van der Waals surface area contributed by atoms with Crippen molar-refractivity contribution >= 4 is 16.7 Å². The van der Waals surface area contributed by atoms with Crippen molar-refractivity contribution in [1.82, 2.24) is 5.32 Å². The first-order valence-electron chi connectivity index (χ1n) is 11.4. The average molecular weight is 417 g/mol. The first-order chi connectivity index (χ1) is 15.0. The Bertz CT molecular complexity index is 1080. The molecule has 0 spiro atoms. The third-order valence-corrected chi connectivity index (χ3v) is 6.30. The normalized spacial score (nSPS) is 20.8. The van der Waals surface area contributed by atoms with Crippen LogP contribution in [0.1, 0.15) is 61.0 Å². The zero-order valence-electron chi connectivity index (χ0n) is 18.7. The van der Waals surface area contributed by atoms with E-state index in [-0.39, 0.29) is 23.6 Å². The van der Waals surface area contributed by atoms with Crippen molar-refractivity contribution in [2.24, 2.45) is 5.73 Å². The van der Waals surface area contributed by atoms with Crippen LogP contribution in [0.5, 0.6) is 5.75 Å². The number of hydrogen-bond donors (Lipinski definition) is 2. The Kier molecular flexibility index (Phi) is 6.01. The number of carbonyl (C=O) groups is 1. The zero-order valence-corrected chi connectivity index (χ0v) is 18.7. The standard InChI is InChI=1S/C25H26N2O2.C2H6/c1-16-9-10-19(29-20-13-18(26)14-20)15-22(16)24(28)27-25(11-12-25)23-8-4-6-17-5-2-3-7-21(17)23;1-2/h2-10,15,18,20H,11-14,26H2,1H3,(H,27,28);1-2H3. The highest BCUT2D eigenvalue weighted by atomic mass is 16.5. The molecule has 0 aromatic heterocycles. The molecule has 3 aromatic carbocycles. The molecule has 2 fully saturated rings. The summed E-state index contributed by atoms with van der Waals surface area (Å²) in [5, 5.41) is 5.75. The van der Waals surface area contributed by atoms with Gasteiger partial charge in [0, 0.05) is 11.6 Å². The monoisotopic (exact) mass is 416 g/mol. The van der Waals surface area contributed by atoms with Gasteiger partial charge in [0.2, 0.25) is 0 Å². The van der Waals surface area contributed by atoms with Crippen LogP contribution < -0.4 is 15.8 Å². The van der Waals surface area contributed by atoms with Gasteiger partial charge in [0.25, 0.3) is 5.91 Å². The fourth-order valence-corrected chi connectivity index (χ4v) is 4.33. The maximum absolute atomic E-state index is 13.2. The van der Waals surface area contributed by atoms with Crippen LogP contribution in [0, 0.1) is 6.92 Å². The summed E-state index contributed by atoms with van der Waals surface area (Å²) in [4.78, 5) is 13.2. The lowest BCUT2D eigenvalue weighted by Gasteiger charge is -2.32. The van der Waals surface area contributed by atoms with Gasteiger partial charge in [-0.25, -0.2) is 0 Å². The van der Waals surface area contributed by atoms with Gasteiger partial charge in [0.05, 0.1) is 5.54 Å². The van der Waals surface area contributed by atoms with Crippen molar-refractivity contribution in [3.8, 4) is 5.75 Å². The van der Waals surface area contributed by atoms with Gasteiger partial charge in [-0.15, -0.1) is 0 Å². The summed E-state index contributed by atoms with van der Waals surface area (Å²) in [6.07, 6.45) is 3.83. The molecular weight excluding hydrogens is 384 g/mol. The number of rotatable bonds is 5. The number of carbonyl (C=O) groups excluding carboxylic acids is 1.